The SMILES string of the molecule is CC1(C)CCC(=O)[C@]2(C)/C(=C\COCc3ccccc3)[C@H]12. The summed E-state index contributed by atoms with van der Waals surface area (Å²) in [7, 11) is 0. The Balaban J connectivity index is 1.61. The fourth-order valence-corrected chi connectivity index (χ4v) is 4.06. The highest BCUT2D eigenvalue weighted by atomic mass is 16.5. The van der Waals surface area contributed by atoms with Crippen molar-refractivity contribution in [3.63, 3.8) is 0 Å². The van der Waals surface area contributed by atoms with Crippen LogP contribution >= 0.6 is 0 Å². The molecule has 112 valence electrons. The molecule has 0 spiro atoms. The molecule has 2 atom stereocenters. The minimum absolute atomic E-state index is 0.197. The van der Waals surface area contributed by atoms with Crippen LogP contribution in [0, 0.1) is 16.7 Å². The van der Waals surface area contributed by atoms with Gasteiger partial charge < -0.3 is 4.74 Å². The van der Waals surface area contributed by atoms with Crippen LogP contribution in [0.15, 0.2) is 42.0 Å². The monoisotopic (exact) mass is 284 g/mol. The molecule has 2 aliphatic carbocycles. The van der Waals surface area contributed by atoms with Gasteiger partial charge >= 0.3 is 0 Å². The number of Topliss-reactive ketones (excluding diaryl/α,β-unsaturated/α-hetero) is 1. The minimum atomic E-state index is -0.197. The predicted molar refractivity (Wildman–Crippen MR) is 83.8 cm³/mol. The van der Waals surface area contributed by atoms with Crippen LogP contribution in [0.5, 0.6) is 0 Å². The normalized spacial score (nSPS) is 32.0. The van der Waals surface area contributed by atoms with Gasteiger partial charge in [-0.3, -0.25) is 4.79 Å². The average Bonchev–Trinajstić information content (AvgIpc) is 3.09. The first-order valence-electron chi connectivity index (χ1n) is 7.82. The van der Waals surface area contributed by atoms with Crippen molar-refractivity contribution in [2.45, 2.75) is 40.2 Å². The van der Waals surface area contributed by atoms with Gasteiger partial charge in [0, 0.05) is 12.3 Å². The quantitative estimate of drug-likeness (QED) is 0.613. The molecule has 2 saturated carbocycles. The van der Waals surface area contributed by atoms with E-state index in [1.54, 1.807) is 0 Å². The highest BCUT2D eigenvalue weighted by molar-refractivity contribution is 5.94. The van der Waals surface area contributed by atoms with Crippen LogP contribution in [0.1, 0.15) is 39.2 Å². The molecule has 0 amide bonds. The number of ether oxygens (including phenoxy) is 1. The van der Waals surface area contributed by atoms with Crippen LogP contribution in [0.25, 0.3) is 0 Å². The first-order valence-corrected chi connectivity index (χ1v) is 7.82. The Morgan fingerprint density at radius 1 is 1.24 bits per heavy atom. The van der Waals surface area contributed by atoms with E-state index < -0.39 is 0 Å². The zero-order valence-corrected chi connectivity index (χ0v) is 13.2. The lowest BCUT2D eigenvalue weighted by molar-refractivity contribution is -0.127. The number of hydrogen-bond donors (Lipinski definition) is 0. The Kier molecular flexibility index (Phi) is 3.53. The van der Waals surface area contributed by atoms with E-state index in [4.69, 9.17) is 4.74 Å². The summed E-state index contributed by atoms with van der Waals surface area (Å²) in [5.74, 6) is 0.840. The molecule has 0 aliphatic heterocycles. The van der Waals surface area contributed by atoms with E-state index in [9.17, 15) is 4.79 Å². The number of carbonyl (C=O) groups excluding carboxylic acids is 1. The van der Waals surface area contributed by atoms with Crippen molar-refractivity contribution in [3.05, 3.63) is 47.5 Å². The predicted octanol–water partition coefficient (Wildman–Crippen LogP) is 4.15. The molecule has 3 rings (SSSR count). The van der Waals surface area contributed by atoms with Crippen molar-refractivity contribution in [3.8, 4) is 0 Å². The van der Waals surface area contributed by atoms with Crippen molar-refractivity contribution in [2.75, 3.05) is 6.61 Å². The van der Waals surface area contributed by atoms with E-state index in [1.165, 1.54) is 11.1 Å². The molecular weight excluding hydrogens is 260 g/mol. The molecule has 0 saturated heterocycles. The Bertz CT molecular complexity index is 570. The Morgan fingerprint density at radius 2 is 1.95 bits per heavy atom. The summed E-state index contributed by atoms with van der Waals surface area (Å²) in [5.41, 5.74) is 2.54. The van der Waals surface area contributed by atoms with Gasteiger partial charge in [-0.1, -0.05) is 55.8 Å². The minimum Gasteiger partial charge on any atom is -0.373 e. The molecule has 2 fully saturated rings. The van der Waals surface area contributed by atoms with Crippen LogP contribution in [0.4, 0.5) is 0 Å². The third kappa shape index (κ3) is 2.46. The molecular formula is C19H24O2. The van der Waals surface area contributed by atoms with Crippen LogP contribution in [0.2, 0.25) is 0 Å². The molecule has 2 heteroatoms. The molecule has 1 aromatic carbocycles. The second-order valence-electron chi connectivity index (χ2n) is 7.21. The third-order valence-electron chi connectivity index (χ3n) is 5.29. The van der Waals surface area contributed by atoms with Crippen molar-refractivity contribution < 1.29 is 9.53 Å². The van der Waals surface area contributed by atoms with Crippen molar-refractivity contribution in [2.24, 2.45) is 16.7 Å². The Labute approximate surface area is 127 Å². The van der Waals surface area contributed by atoms with E-state index in [0.29, 0.717) is 24.9 Å². The fourth-order valence-electron chi connectivity index (χ4n) is 4.06. The zero-order chi connectivity index (χ0) is 15.1. The van der Waals surface area contributed by atoms with Gasteiger partial charge in [0.1, 0.15) is 5.78 Å². The summed E-state index contributed by atoms with van der Waals surface area (Å²) >= 11 is 0. The Morgan fingerprint density at radius 3 is 2.62 bits per heavy atom. The summed E-state index contributed by atoms with van der Waals surface area (Å²) in [6, 6.07) is 10.2. The lowest BCUT2D eigenvalue weighted by atomic mass is 9.72. The maximum absolute atomic E-state index is 12.2. The van der Waals surface area contributed by atoms with E-state index >= 15 is 0 Å². The van der Waals surface area contributed by atoms with E-state index in [-0.39, 0.29) is 10.8 Å². The number of allylic oxidation sites excluding steroid dienone is 1. The average molecular weight is 284 g/mol. The van der Waals surface area contributed by atoms with Gasteiger partial charge in [-0.15, -0.1) is 0 Å². The van der Waals surface area contributed by atoms with Gasteiger partial charge in [-0.25, -0.2) is 0 Å². The first kappa shape index (κ1) is 14.5. The second kappa shape index (κ2) is 5.10. The highest BCUT2D eigenvalue weighted by Gasteiger charge is 2.67. The van der Waals surface area contributed by atoms with Gasteiger partial charge in [0.25, 0.3) is 0 Å². The summed E-state index contributed by atoms with van der Waals surface area (Å²) in [6.45, 7) is 7.91. The maximum atomic E-state index is 12.2. The van der Waals surface area contributed by atoms with Gasteiger partial charge in [0.2, 0.25) is 0 Å². The van der Waals surface area contributed by atoms with Gasteiger partial charge in [0.15, 0.2) is 0 Å². The van der Waals surface area contributed by atoms with Crippen LogP contribution in [-0.4, -0.2) is 12.4 Å². The fraction of sp³-hybridized carbons (Fsp3) is 0.526. The molecule has 0 heterocycles. The summed E-state index contributed by atoms with van der Waals surface area (Å²) in [4.78, 5) is 12.2. The van der Waals surface area contributed by atoms with E-state index in [0.717, 1.165) is 12.8 Å². The lowest BCUT2D eigenvalue weighted by Gasteiger charge is -2.30. The Hall–Kier alpha value is -1.41. The van der Waals surface area contributed by atoms with E-state index in [2.05, 4.69) is 39.0 Å². The zero-order valence-electron chi connectivity index (χ0n) is 13.2. The molecule has 1 aromatic rings. The topological polar surface area (TPSA) is 26.3 Å². The van der Waals surface area contributed by atoms with Crippen LogP contribution in [0.3, 0.4) is 0 Å². The van der Waals surface area contributed by atoms with Gasteiger partial charge in [0.05, 0.1) is 18.6 Å². The van der Waals surface area contributed by atoms with Gasteiger partial charge in [-0.2, -0.15) is 0 Å². The second-order valence-corrected chi connectivity index (χ2v) is 7.21. The first-order chi connectivity index (χ1) is 9.96. The van der Waals surface area contributed by atoms with Crippen LogP contribution in [-0.2, 0) is 16.1 Å². The molecule has 2 nitrogen and oxygen atoms in total. The van der Waals surface area contributed by atoms with Crippen LogP contribution < -0.4 is 0 Å². The number of hydrogen-bond acceptors (Lipinski definition) is 2. The number of ketones is 1. The summed E-state index contributed by atoms with van der Waals surface area (Å²) in [6.07, 6.45) is 3.88. The van der Waals surface area contributed by atoms with Gasteiger partial charge in [-0.05, 0) is 24.3 Å². The largest absolute Gasteiger partial charge is 0.373 e. The molecule has 0 bridgehead atoms. The molecule has 0 unspecified atom stereocenters. The number of carbonyl (C=O) groups is 1. The summed E-state index contributed by atoms with van der Waals surface area (Å²) < 4.78 is 5.74. The van der Waals surface area contributed by atoms with Crippen molar-refractivity contribution in [1.82, 2.24) is 0 Å². The van der Waals surface area contributed by atoms with Crippen molar-refractivity contribution >= 4 is 5.78 Å². The number of fused-ring (bicyclic) bond motifs is 1. The molecule has 21 heavy (non-hydrogen) atoms. The smallest absolute Gasteiger partial charge is 0.143 e. The van der Waals surface area contributed by atoms with E-state index in [1.807, 2.05) is 18.2 Å². The molecule has 0 N–H and O–H groups in total. The number of rotatable bonds is 4. The molecule has 0 radical (unpaired) electrons. The third-order valence-corrected chi connectivity index (χ3v) is 5.29. The van der Waals surface area contributed by atoms with Crippen molar-refractivity contribution in [1.29, 1.82) is 0 Å². The molecule has 2 aliphatic rings. The molecule has 0 aromatic heterocycles. The number of benzene rings is 1. The standard InChI is InChI=1S/C19H24O2/c1-18(2)11-9-16(20)19(3)15(17(18)19)10-12-21-13-14-7-5-4-6-8-14/h4-8,10,17H,9,11-13H2,1-3H3/b15-10-/t17-,19+/m1/s1. The maximum Gasteiger partial charge on any atom is 0.143 e. The highest BCUT2D eigenvalue weighted by Crippen LogP contribution is 2.70. The summed E-state index contributed by atoms with van der Waals surface area (Å²) in [5, 5.41) is 0. The lowest BCUT2D eigenvalue weighted by Crippen LogP contribution is -2.30.